The molecule has 2 amide bonds. The van der Waals surface area contributed by atoms with Gasteiger partial charge in [0, 0.05) is 50.2 Å². The van der Waals surface area contributed by atoms with Crippen LogP contribution in [0.3, 0.4) is 0 Å². The van der Waals surface area contributed by atoms with E-state index in [0.717, 1.165) is 22.5 Å². The molecule has 2 aromatic heterocycles. The van der Waals surface area contributed by atoms with Gasteiger partial charge in [-0.2, -0.15) is 0 Å². The number of piperazine rings is 1. The topological polar surface area (TPSA) is 67.7 Å². The number of carbonyl (C=O) groups is 2. The van der Waals surface area contributed by atoms with Crippen LogP contribution in [0.2, 0.25) is 0 Å². The van der Waals surface area contributed by atoms with Crippen molar-refractivity contribution in [1.82, 2.24) is 19.4 Å². The highest BCUT2D eigenvalue weighted by atomic mass is 16.6. The van der Waals surface area contributed by atoms with Gasteiger partial charge in [-0.25, -0.2) is 4.79 Å². The molecular weight excluding hydrogens is 476 g/mol. The van der Waals surface area contributed by atoms with Crippen molar-refractivity contribution in [1.29, 1.82) is 0 Å². The summed E-state index contributed by atoms with van der Waals surface area (Å²) < 4.78 is 7.70. The third kappa shape index (κ3) is 5.14. The van der Waals surface area contributed by atoms with Gasteiger partial charge in [-0.15, -0.1) is 0 Å². The summed E-state index contributed by atoms with van der Waals surface area (Å²) in [6.45, 7) is 9.40. The molecular formula is C31H34N4O3. The molecule has 1 saturated heterocycles. The molecule has 0 N–H and O–H groups in total. The zero-order valence-corrected chi connectivity index (χ0v) is 22.5. The Balaban J connectivity index is 1.54. The molecule has 196 valence electrons. The molecule has 0 atom stereocenters. The van der Waals surface area contributed by atoms with Gasteiger partial charge in [-0.05, 0) is 63.1 Å². The van der Waals surface area contributed by atoms with E-state index in [1.807, 2.05) is 68.1 Å². The number of benzene rings is 2. The highest BCUT2D eigenvalue weighted by Gasteiger charge is 2.32. The average molecular weight is 511 g/mol. The van der Waals surface area contributed by atoms with Gasteiger partial charge in [0.1, 0.15) is 11.1 Å². The third-order valence-corrected chi connectivity index (χ3v) is 6.89. The number of hydrogen-bond donors (Lipinski definition) is 0. The zero-order valence-electron chi connectivity index (χ0n) is 22.5. The molecule has 2 aromatic carbocycles. The molecule has 1 aliphatic heterocycles. The van der Waals surface area contributed by atoms with Gasteiger partial charge in [-0.1, -0.05) is 42.5 Å². The first-order valence-electron chi connectivity index (χ1n) is 13.1. The van der Waals surface area contributed by atoms with Crippen LogP contribution in [-0.4, -0.2) is 63.1 Å². The predicted molar refractivity (Wildman–Crippen MR) is 149 cm³/mol. The lowest BCUT2D eigenvalue weighted by Gasteiger charge is -2.35. The average Bonchev–Trinajstić information content (AvgIpc) is 3.23. The molecule has 4 aromatic rings. The normalized spacial score (nSPS) is 14.1. The van der Waals surface area contributed by atoms with Crippen molar-refractivity contribution in [2.75, 3.05) is 26.2 Å². The summed E-state index contributed by atoms with van der Waals surface area (Å²) in [4.78, 5) is 35.0. The van der Waals surface area contributed by atoms with Crippen molar-refractivity contribution in [2.24, 2.45) is 0 Å². The first-order valence-corrected chi connectivity index (χ1v) is 13.1. The minimum atomic E-state index is -0.556. The number of aromatic nitrogens is 2. The molecule has 0 aliphatic carbocycles. The molecule has 5 rings (SSSR count). The van der Waals surface area contributed by atoms with Gasteiger partial charge in [-0.3, -0.25) is 9.78 Å². The van der Waals surface area contributed by atoms with E-state index in [2.05, 4.69) is 35.8 Å². The third-order valence-electron chi connectivity index (χ3n) is 6.89. The van der Waals surface area contributed by atoms with Gasteiger partial charge in [0.25, 0.3) is 5.91 Å². The summed E-state index contributed by atoms with van der Waals surface area (Å²) in [6.07, 6.45) is 2.00. The van der Waals surface area contributed by atoms with Crippen LogP contribution in [0.5, 0.6) is 0 Å². The van der Waals surface area contributed by atoms with Crippen LogP contribution < -0.4 is 0 Å². The summed E-state index contributed by atoms with van der Waals surface area (Å²) in [6, 6.07) is 22.3. The maximum Gasteiger partial charge on any atom is 0.410 e. The number of fused-ring (bicyclic) bond motifs is 1. The van der Waals surface area contributed by atoms with Crippen molar-refractivity contribution in [2.45, 2.75) is 39.7 Å². The fourth-order valence-electron chi connectivity index (χ4n) is 4.99. The zero-order chi connectivity index (χ0) is 26.9. The van der Waals surface area contributed by atoms with Crippen molar-refractivity contribution < 1.29 is 14.3 Å². The predicted octanol–water partition coefficient (Wildman–Crippen LogP) is 5.62. The molecule has 1 aliphatic rings. The Bertz CT molecular complexity index is 1460. The van der Waals surface area contributed by atoms with E-state index in [9.17, 15) is 9.59 Å². The van der Waals surface area contributed by atoms with Crippen LogP contribution in [0.25, 0.3) is 16.7 Å². The first kappa shape index (κ1) is 25.5. The first-order chi connectivity index (χ1) is 18.2. The maximum absolute atomic E-state index is 14.2. The minimum Gasteiger partial charge on any atom is -0.444 e. The van der Waals surface area contributed by atoms with Gasteiger partial charge in [0.15, 0.2) is 0 Å². The van der Waals surface area contributed by atoms with E-state index in [0.29, 0.717) is 43.7 Å². The lowest BCUT2D eigenvalue weighted by Crippen LogP contribution is -2.51. The van der Waals surface area contributed by atoms with E-state index >= 15 is 0 Å². The van der Waals surface area contributed by atoms with E-state index in [4.69, 9.17) is 9.72 Å². The molecule has 38 heavy (non-hydrogen) atoms. The Hall–Kier alpha value is -4.13. The highest BCUT2D eigenvalue weighted by molar-refractivity contribution is 6.07. The summed E-state index contributed by atoms with van der Waals surface area (Å²) in [5, 5.41) is 0. The smallest absolute Gasteiger partial charge is 0.410 e. The number of para-hydroxylation sites is 1. The Morgan fingerprint density at radius 3 is 2.21 bits per heavy atom. The van der Waals surface area contributed by atoms with Crippen LogP contribution in [0.4, 0.5) is 4.79 Å². The molecule has 7 heteroatoms. The van der Waals surface area contributed by atoms with Crippen LogP contribution in [0.15, 0.2) is 72.9 Å². The van der Waals surface area contributed by atoms with Gasteiger partial charge < -0.3 is 19.1 Å². The number of ether oxygens (including phenoxy) is 1. The summed E-state index contributed by atoms with van der Waals surface area (Å²) in [7, 11) is 0. The van der Waals surface area contributed by atoms with E-state index in [1.165, 1.54) is 5.56 Å². The van der Waals surface area contributed by atoms with Crippen LogP contribution >= 0.6 is 0 Å². The second-order valence-electron chi connectivity index (χ2n) is 10.7. The number of rotatable bonds is 4. The number of amides is 2. The Labute approximate surface area is 223 Å². The number of aryl methyl sites for hydroxylation is 1. The van der Waals surface area contributed by atoms with Crippen molar-refractivity contribution in [3.05, 3.63) is 95.3 Å². The van der Waals surface area contributed by atoms with Crippen LogP contribution in [0.1, 0.15) is 48.0 Å². The SMILES string of the molecule is Cc1ccccc1Cc1c(C(=O)N2CCN(C(=O)OC(C)(C)C)CC2)c2ncccc2n1-c1ccccc1. The number of carbonyl (C=O) groups excluding carboxylic acids is 2. The molecule has 0 unspecified atom stereocenters. The molecule has 0 spiro atoms. The second kappa shape index (κ2) is 10.3. The van der Waals surface area contributed by atoms with E-state index < -0.39 is 5.60 Å². The fourth-order valence-corrected chi connectivity index (χ4v) is 4.99. The van der Waals surface area contributed by atoms with Gasteiger partial charge in [0.2, 0.25) is 0 Å². The van der Waals surface area contributed by atoms with Gasteiger partial charge in [0.05, 0.1) is 11.1 Å². The summed E-state index contributed by atoms with van der Waals surface area (Å²) in [5.74, 6) is -0.0594. The van der Waals surface area contributed by atoms with Gasteiger partial charge >= 0.3 is 6.09 Å². The second-order valence-corrected chi connectivity index (χ2v) is 10.7. The molecule has 0 bridgehead atoms. The fraction of sp³-hybridized carbons (Fsp3) is 0.323. The van der Waals surface area contributed by atoms with E-state index in [1.54, 1.807) is 11.1 Å². The van der Waals surface area contributed by atoms with Crippen molar-refractivity contribution >= 4 is 23.0 Å². The Morgan fingerprint density at radius 2 is 1.53 bits per heavy atom. The highest BCUT2D eigenvalue weighted by Crippen LogP contribution is 2.32. The number of hydrogen-bond acceptors (Lipinski definition) is 4. The molecule has 7 nitrogen and oxygen atoms in total. The Kier molecular flexibility index (Phi) is 6.93. The van der Waals surface area contributed by atoms with Crippen molar-refractivity contribution in [3.8, 4) is 5.69 Å². The summed E-state index contributed by atoms with van der Waals surface area (Å²) >= 11 is 0. The molecule has 3 heterocycles. The standard InChI is InChI=1S/C31H34N4O3/c1-22-11-8-9-12-23(22)21-26-27(28-25(15-10-16-32-28)35(26)24-13-6-5-7-14-24)29(36)33-17-19-34(20-18-33)30(37)38-31(2,3)4/h5-16H,17-21H2,1-4H3. The maximum atomic E-state index is 14.2. The minimum absolute atomic E-state index is 0.0594. The largest absolute Gasteiger partial charge is 0.444 e. The van der Waals surface area contributed by atoms with Crippen LogP contribution in [0, 0.1) is 6.92 Å². The van der Waals surface area contributed by atoms with Crippen LogP contribution in [-0.2, 0) is 11.2 Å². The lowest BCUT2D eigenvalue weighted by molar-refractivity contribution is 0.0141. The number of nitrogens with zero attached hydrogens (tertiary/aromatic N) is 4. The quantitative estimate of drug-likeness (QED) is 0.358. The molecule has 1 fully saturated rings. The Morgan fingerprint density at radius 1 is 0.868 bits per heavy atom. The lowest BCUT2D eigenvalue weighted by atomic mass is 10.0. The van der Waals surface area contributed by atoms with E-state index in [-0.39, 0.29) is 12.0 Å². The molecule has 0 radical (unpaired) electrons. The number of pyridine rings is 1. The van der Waals surface area contributed by atoms with Crippen molar-refractivity contribution in [3.63, 3.8) is 0 Å². The molecule has 0 saturated carbocycles. The summed E-state index contributed by atoms with van der Waals surface area (Å²) in [5.41, 5.74) is 5.91. The monoisotopic (exact) mass is 510 g/mol.